The third kappa shape index (κ3) is 3.72. The van der Waals surface area contributed by atoms with E-state index in [9.17, 15) is 17.2 Å². The standard InChI is InChI=1S/C11H16F2N2O2S/c1-11(2,5-6-14)15-18(16,17)10-4-3-8(12)7-9(10)13/h3-4,7,15H,5-6,14H2,1-2H3. The summed E-state index contributed by atoms with van der Waals surface area (Å²) in [5, 5.41) is 0. The summed E-state index contributed by atoms with van der Waals surface area (Å²) in [4.78, 5) is -0.575. The van der Waals surface area contributed by atoms with Crippen LogP contribution in [0.25, 0.3) is 0 Å². The van der Waals surface area contributed by atoms with Crippen LogP contribution in [0.4, 0.5) is 8.78 Å². The van der Waals surface area contributed by atoms with Gasteiger partial charge in [0.05, 0.1) is 0 Å². The zero-order valence-corrected chi connectivity index (χ0v) is 11.0. The van der Waals surface area contributed by atoms with Crippen LogP contribution in [-0.2, 0) is 10.0 Å². The lowest BCUT2D eigenvalue weighted by Gasteiger charge is -2.25. The molecule has 0 radical (unpaired) electrons. The molecule has 0 unspecified atom stereocenters. The number of halogens is 2. The van der Waals surface area contributed by atoms with Gasteiger partial charge >= 0.3 is 0 Å². The molecule has 0 amide bonds. The lowest BCUT2D eigenvalue weighted by molar-refractivity contribution is 0.426. The zero-order chi connectivity index (χ0) is 14.0. The molecule has 0 aliphatic heterocycles. The van der Waals surface area contributed by atoms with Crippen molar-refractivity contribution in [1.82, 2.24) is 4.72 Å². The lowest BCUT2D eigenvalue weighted by atomic mass is 10.0. The summed E-state index contributed by atoms with van der Waals surface area (Å²) in [7, 11) is -4.03. The highest BCUT2D eigenvalue weighted by Gasteiger charge is 2.27. The number of sulfonamides is 1. The fourth-order valence-corrected chi connectivity index (χ4v) is 3.03. The molecule has 0 bridgehead atoms. The highest BCUT2D eigenvalue weighted by molar-refractivity contribution is 7.89. The molecular weight excluding hydrogens is 262 g/mol. The molecule has 3 N–H and O–H groups in total. The average molecular weight is 278 g/mol. The Hall–Kier alpha value is -1.05. The molecular formula is C11H16F2N2O2S. The van der Waals surface area contributed by atoms with E-state index < -0.39 is 32.1 Å². The molecule has 0 saturated heterocycles. The summed E-state index contributed by atoms with van der Waals surface area (Å²) in [6.45, 7) is 3.57. The van der Waals surface area contributed by atoms with E-state index >= 15 is 0 Å². The third-order valence-corrected chi connectivity index (χ3v) is 4.09. The number of benzene rings is 1. The Morgan fingerprint density at radius 1 is 1.33 bits per heavy atom. The van der Waals surface area contributed by atoms with Gasteiger partial charge in [0.25, 0.3) is 0 Å². The molecule has 0 spiro atoms. The minimum absolute atomic E-state index is 0.293. The Kier molecular flexibility index (Phi) is 4.41. The van der Waals surface area contributed by atoms with E-state index in [1.807, 2.05) is 0 Å². The van der Waals surface area contributed by atoms with Crippen LogP contribution in [0.3, 0.4) is 0 Å². The minimum Gasteiger partial charge on any atom is -0.330 e. The van der Waals surface area contributed by atoms with E-state index in [-0.39, 0.29) is 0 Å². The smallest absolute Gasteiger partial charge is 0.243 e. The van der Waals surface area contributed by atoms with Gasteiger partial charge in [-0.15, -0.1) is 0 Å². The highest BCUT2D eigenvalue weighted by Crippen LogP contribution is 2.18. The van der Waals surface area contributed by atoms with E-state index in [2.05, 4.69) is 4.72 Å². The van der Waals surface area contributed by atoms with Crippen LogP contribution in [0.2, 0.25) is 0 Å². The fourth-order valence-electron chi connectivity index (χ4n) is 1.52. The summed E-state index contributed by atoms with van der Waals surface area (Å²) < 4.78 is 52.4. The summed E-state index contributed by atoms with van der Waals surface area (Å²) in [5.41, 5.74) is 4.57. The fraction of sp³-hybridized carbons (Fsp3) is 0.455. The Bertz CT molecular complexity index is 530. The predicted octanol–water partition coefficient (Wildman–Crippen LogP) is 1.37. The molecule has 0 aliphatic rings. The summed E-state index contributed by atoms with van der Waals surface area (Å²) in [6, 6.07) is 2.32. The maximum absolute atomic E-state index is 13.4. The van der Waals surface area contributed by atoms with Crippen LogP contribution < -0.4 is 10.5 Å². The predicted molar refractivity (Wildman–Crippen MR) is 64.4 cm³/mol. The monoisotopic (exact) mass is 278 g/mol. The first-order valence-electron chi connectivity index (χ1n) is 5.37. The number of rotatable bonds is 5. The first kappa shape index (κ1) is 15.0. The van der Waals surface area contributed by atoms with Gasteiger partial charge in [-0.25, -0.2) is 21.9 Å². The molecule has 0 atom stereocenters. The van der Waals surface area contributed by atoms with E-state index in [0.29, 0.717) is 19.0 Å². The molecule has 1 rings (SSSR count). The largest absolute Gasteiger partial charge is 0.330 e. The summed E-state index contributed by atoms with van der Waals surface area (Å²) in [5.74, 6) is -1.95. The van der Waals surface area contributed by atoms with Crippen LogP contribution in [-0.4, -0.2) is 20.5 Å². The molecule has 18 heavy (non-hydrogen) atoms. The second-order valence-corrected chi connectivity index (χ2v) is 6.25. The van der Waals surface area contributed by atoms with Crippen LogP contribution in [0, 0.1) is 11.6 Å². The van der Waals surface area contributed by atoms with Gasteiger partial charge in [0, 0.05) is 11.6 Å². The second-order valence-electron chi connectivity index (χ2n) is 4.60. The molecule has 1 aromatic carbocycles. The van der Waals surface area contributed by atoms with Gasteiger partial charge in [0.15, 0.2) is 0 Å². The van der Waals surface area contributed by atoms with Crippen LogP contribution >= 0.6 is 0 Å². The SMILES string of the molecule is CC(C)(CCN)NS(=O)(=O)c1ccc(F)cc1F. The molecule has 4 nitrogen and oxygen atoms in total. The quantitative estimate of drug-likeness (QED) is 0.854. The minimum atomic E-state index is -4.03. The van der Waals surface area contributed by atoms with Crippen LogP contribution in [0.5, 0.6) is 0 Å². The summed E-state index contributed by atoms with van der Waals surface area (Å²) >= 11 is 0. The molecule has 1 aromatic rings. The molecule has 0 aromatic heterocycles. The van der Waals surface area contributed by atoms with Crippen molar-refractivity contribution in [2.45, 2.75) is 30.7 Å². The number of hydrogen-bond donors (Lipinski definition) is 2. The van der Waals surface area contributed by atoms with E-state index in [0.717, 1.165) is 12.1 Å². The Labute approximate surface area is 105 Å². The van der Waals surface area contributed by atoms with Gasteiger partial charge in [-0.3, -0.25) is 0 Å². The first-order chi connectivity index (χ1) is 8.18. The topological polar surface area (TPSA) is 72.2 Å². The Morgan fingerprint density at radius 3 is 2.44 bits per heavy atom. The molecule has 102 valence electrons. The van der Waals surface area contributed by atoms with Crippen molar-refractivity contribution in [3.63, 3.8) is 0 Å². The third-order valence-electron chi connectivity index (χ3n) is 2.36. The molecule has 0 fully saturated rings. The van der Waals surface area contributed by atoms with Crippen molar-refractivity contribution in [1.29, 1.82) is 0 Å². The molecule has 0 heterocycles. The maximum atomic E-state index is 13.4. The highest BCUT2D eigenvalue weighted by atomic mass is 32.2. The normalized spacial score (nSPS) is 12.7. The number of nitrogens with one attached hydrogen (secondary N) is 1. The molecule has 0 aliphatic carbocycles. The van der Waals surface area contributed by atoms with Gasteiger partial charge < -0.3 is 5.73 Å². The van der Waals surface area contributed by atoms with Crippen molar-refractivity contribution in [3.8, 4) is 0 Å². The molecule has 7 heteroatoms. The van der Waals surface area contributed by atoms with Gasteiger partial charge in [-0.1, -0.05) is 0 Å². The van der Waals surface area contributed by atoms with Crippen molar-refractivity contribution >= 4 is 10.0 Å². The van der Waals surface area contributed by atoms with Crippen LogP contribution in [0.15, 0.2) is 23.1 Å². The Balaban J connectivity index is 3.07. The van der Waals surface area contributed by atoms with Crippen LogP contribution in [0.1, 0.15) is 20.3 Å². The van der Waals surface area contributed by atoms with E-state index in [1.54, 1.807) is 13.8 Å². The second kappa shape index (κ2) is 5.29. The maximum Gasteiger partial charge on any atom is 0.243 e. The first-order valence-corrected chi connectivity index (χ1v) is 6.85. The van der Waals surface area contributed by atoms with Crippen molar-refractivity contribution in [3.05, 3.63) is 29.8 Å². The van der Waals surface area contributed by atoms with Gasteiger partial charge in [-0.05, 0) is 38.9 Å². The van der Waals surface area contributed by atoms with E-state index in [4.69, 9.17) is 5.73 Å². The lowest BCUT2D eigenvalue weighted by Crippen LogP contribution is -2.44. The van der Waals surface area contributed by atoms with Gasteiger partial charge in [0.1, 0.15) is 16.5 Å². The zero-order valence-electron chi connectivity index (χ0n) is 10.2. The number of nitrogens with two attached hydrogens (primary N) is 1. The average Bonchev–Trinajstić information content (AvgIpc) is 2.14. The number of hydrogen-bond acceptors (Lipinski definition) is 3. The van der Waals surface area contributed by atoms with Crippen molar-refractivity contribution in [2.24, 2.45) is 5.73 Å². The van der Waals surface area contributed by atoms with Crippen molar-refractivity contribution < 1.29 is 17.2 Å². The van der Waals surface area contributed by atoms with Gasteiger partial charge in [-0.2, -0.15) is 0 Å². The summed E-state index contributed by atoms with van der Waals surface area (Å²) in [6.07, 6.45) is 0.398. The Morgan fingerprint density at radius 2 is 1.94 bits per heavy atom. The molecule has 0 saturated carbocycles. The van der Waals surface area contributed by atoms with Crippen molar-refractivity contribution in [2.75, 3.05) is 6.54 Å². The van der Waals surface area contributed by atoms with E-state index in [1.165, 1.54) is 0 Å². The van der Waals surface area contributed by atoms with Gasteiger partial charge in [0.2, 0.25) is 10.0 Å².